The van der Waals surface area contributed by atoms with Crippen molar-refractivity contribution in [3.8, 4) is 5.75 Å². The lowest BCUT2D eigenvalue weighted by Crippen LogP contribution is -2.59. The van der Waals surface area contributed by atoms with E-state index in [1.54, 1.807) is 45.3 Å². The van der Waals surface area contributed by atoms with Crippen molar-refractivity contribution in [1.29, 1.82) is 0 Å². The lowest BCUT2D eigenvalue weighted by Gasteiger charge is -2.41. The number of carbonyl (C=O) groups is 2. The molecule has 39 heavy (non-hydrogen) atoms. The average Bonchev–Trinajstić information content (AvgIpc) is 2.84. The fourth-order valence-electron chi connectivity index (χ4n) is 4.02. The maximum atomic E-state index is 14.8. The first kappa shape index (κ1) is 30.4. The summed E-state index contributed by atoms with van der Waals surface area (Å²) >= 11 is 0.869. The highest BCUT2D eigenvalue weighted by Gasteiger charge is 2.60. The van der Waals surface area contributed by atoms with E-state index < -0.39 is 48.1 Å². The predicted molar refractivity (Wildman–Crippen MR) is 135 cm³/mol. The molecule has 1 aliphatic heterocycles. The first-order valence-corrected chi connectivity index (χ1v) is 12.5. The summed E-state index contributed by atoms with van der Waals surface area (Å²) in [5.41, 5.74) is -2.59. The molecule has 0 fully saturated rings. The molecule has 0 radical (unpaired) electrons. The number of benzene rings is 2. The van der Waals surface area contributed by atoms with Crippen LogP contribution in [-0.2, 0) is 15.1 Å². The molecular weight excluding hydrogens is 548 g/mol. The standard InChI is InChI=1S/C26H27F6N3O3S/c1-16-5-7-17(8-6-16)20-15-24(26(30,31)32,33-22(36)21(20)23(37)34-39-35(2)3)18-9-11-19(12-10-18)38-14-4-13-25(27,28)29/h5-12H,4,13-15H2,1-3H3,(H,33,36)(H,34,37)/t24-/m0/s1. The van der Waals surface area contributed by atoms with Crippen molar-refractivity contribution >= 4 is 29.5 Å². The van der Waals surface area contributed by atoms with Crippen LogP contribution in [0.5, 0.6) is 5.75 Å². The first-order chi connectivity index (χ1) is 18.1. The monoisotopic (exact) mass is 575 g/mol. The van der Waals surface area contributed by atoms with Crippen molar-refractivity contribution in [2.75, 3.05) is 20.7 Å². The summed E-state index contributed by atoms with van der Waals surface area (Å²) < 4.78 is 90.5. The third-order valence-electron chi connectivity index (χ3n) is 5.95. The normalized spacial score (nSPS) is 18.3. The van der Waals surface area contributed by atoms with Gasteiger partial charge in [-0.15, -0.1) is 0 Å². The van der Waals surface area contributed by atoms with Crippen LogP contribution in [0.25, 0.3) is 5.57 Å². The van der Waals surface area contributed by atoms with Crippen molar-refractivity contribution in [3.05, 3.63) is 70.8 Å². The van der Waals surface area contributed by atoms with E-state index in [-0.39, 0.29) is 35.5 Å². The maximum Gasteiger partial charge on any atom is 0.416 e. The van der Waals surface area contributed by atoms with Crippen molar-refractivity contribution in [2.45, 2.75) is 44.1 Å². The van der Waals surface area contributed by atoms with Crippen molar-refractivity contribution < 1.29 is 40.7 Å². The Labute approximate surface area is 226 Å². The molecule has 1 heterocycles. The smallest absolute Gasteiger partial charge is 0.416 e. The Hall–Kier alpha value is -3.19. The lowest BCUT2D eigenvalue weighted by molar-refractivity contribution is -0.201. The van der Waals surface area contributed by atoms with E-state index in [1.807, 2.05) is 5.32 Å². The second-order valence-electron chi connectivity index (χ2n) is 9.18. The van der Waals surface area contributed by atoms with Gasteiger partial charge in [0.15, 0.2) is 5.54 Å². The van der Waals surface area contributed by atoms with Crippen LogP contribution in [-0.4, -0.2) is 49.2 Å². The van der Waals surface area contributed by atoms with Crippen LogP contribution in [0, 0.1) is 6.92 Å². The number of halogens is 6. The van der Waals surface area contributed by atoms with E-state index in [0.29, 0.717) is 0 Å². The quantitative estimate of drug-likeness (QED) is 0.174. The van der Waals surface area contributed by atoms with Crippen molar-refractivity contribution in [3.63, 3.8) is 0 Å². The molecule has 0 aromatic heterocycles. The molecule has 2 amide bonds. The fraction of sp³-hybridized carbons (Fsp3) is 0.385. The summed E-state index contributed by atoms with van der Waals surface area (Å²) in [5, 5.41) is 2.03. The molecule has 1 atom stereocenters. The minimum atomic E-state index is -4.98. The number of alkyl halides is 6. The van der Waals surface area contributed by atoms with Gasteiger partial charge in [-0.2, -0.15) is 26.3 Å². The minimum absolute atomic E-state index is 0.0791. The molecule has 0 unspecified atom stereocenters. The molecule has 1 aliphatic rings. The summed E-state index contributed by atoms with van der Waals surface area (Å²) in [6, 6.07) is 11.0. The third kappa shape index (κ3) is 7.47. The van der Waals surface area contributed by atoms with E-state index in [0.717, 1.165) is 29.8 Å². The van der Waals surface area contributed by atoms with E-state index in [2.05, 4.69) is 4.72 Å². The molecule has 0 aliphatic carbocycles. The number of amides is 2. The van der Waals surface area contributed by atoms with E-state index >= 15 is 0 Å². The minimum Gasteiger partial charge on any atom is -0.494 e. The summed E-state index contributed by atoms with van der Waals surface area (Å²) in [5.74, 6) is -1.96. The Balaban J connectivity index is 2.00. The summed E-state index contributed by atoms with van der Waals surface area (Å²) in [6.45, 7) is 1.52. The Kier molecular flexibility index (Phi) is 9.27. The summed E-state index contributed by atoms with van der Waals surface area (Å²) in [7, 11) is 3.28. The molecule has 0 saturated carbocycles. The third-order valence-corrected chi connectivity index (χ3v) is 6.59. The van der Waals surface area contributed by atoms with Crippen LogP contribution in [0.4, 0.5) is 26.3 Å². The van der Waals surface area contributed by atoms with Gasteiger partial charge in [-0.05, 0) is 56.3 Å². The number of nitrogens with one attached hydrogen (secondary N) is 2. The molecule has 0 spiro atoms. The van der Waals surface area contributed by atoms with Gasteiger partial charge in [0.25, 0.3) is 11.8 Å². The Bertz CT molecular complexity index is 1210. The van der Waals surface area contributed by atoms with Crippen molar-refractivity contribution in [1.82, 2.24) is 14.3 Å². The predicted octanol–water partition coefficient (Wildman–Crippen LogP) is 5.69. The average molecular weight is 576 g/mol. The second-order valence-corrected chi connectivity index (χ2v) is 10.3. The summed E-state index contributed by atoms with van der Waals surface area (Å²) in [4.78, 5) is 26.2. The van der Waals surface area contributed by atoms with Gasteiger partial charge in [0.1, 0.15) is 11.3 Å². The second kappa shape index (κ2) is 11.9. The van der Waals surface area contributed by atoms with Gasteiger partial charge < -0.3 is 10.1 Å². The fourth-order valence-corrected chi connectivity index (χ4v) is 4.39. The first-order valence-electron chi connectivity index (χ1n) is 11.8. The number of carbonyl (C=O) groups excluding carboxylic acids is 2. The van der Waals surface area contributed by atoms with Crippen LogP contribution in [0.1, 0.15) is 36.0 Å². The van der Waals surface area contributed by atoms with Crippen LogP contribution in [0.15, 0.2) is 54.1 Å². The number of aryl methyl sites for hydroxylation is 1. The van der Waals surface area contributed by atoms with Crippen LogP contribution in [0.3, 0.4) is 0 Å². The molecule has 3 rings (SSSR count). The molecule has 0 bridgehead atoms. The van der Waals surface area contributed by atoms with E-state index in [4.69, 9.17) is 4.74 Å². The SMILES string of the molecule is Cc1ccc(C2=C(C(=O)NSN(C)C)C(=O)N[C@@](c3ccc(OCCCC(F)(F)F)cc3)(C(F)(F)F)C2)cc1. The van der Waals surface area contributed by atoms with E-state index in [9.17, 15) is 35.9 Å². The Morgan fingerprint density at radius 1 is 1.05 bits per heavy atom. The maximum absolute atomic E-state index is 14.8. The number of hydrogen-bond donors (Lipinski definition) is 2. The molecule has 2 aromatic carbocycles. The summed E-state index contributed by atoms with van der Waals surface area (Å²) in [6.07, 6.45) is -11.4. The van der Waals surface area contributed by atoms with Gasteiger partial charge in [0, 0.05) is 25.0 Å². The topological polar surface area (TPSA) is 70.7 Å². The zero-order valence-electron chi connectivity index (χ0n) is 21.3. The van der Waals surface area contributed by atoms with Gasteiger partial charge in [-0.3, -0.25) is 14.3 Å². The lowest BCUT2D eigenvalue weighted by atomic mass is 9.76. The van der Waals surface area contributed by atoms with Crippen LogP contribution in [0.2, 0.25) is 0 Å². The Morgan fingerprint density at radius 2 is 1.67 bits per heavy atom. The van der Waals surface area contributed by atoms with Gasteiger partial charge in [0.05, 0.1) is 6.61 Å². The zero-order chi connectivity index (χ0) is 29.0. The number of nitrogens with zero attached hydrogens (tertiary/aromatic N) is 1. The highest BCUT2D eigenvalue weighted by Crippen LogP contribution is 2.48. The number of rotatable bonds is 9. The van der Waals surface area contributed by atoms with Gasteiger partial charge in [-0.1, -0.05) is 42.0 Å². The molecule has 6 nitrogen and oxygen atoms in total. The number of ether oxygens (including phenoxy) is 1. The molecule has 212 valence electrons. The van der Waals surface area contributed by atoms with Crippen molar-refractivity contribution in [2.24, 2.45) is 0 Å². The van der Waals surface area contributed by atoms with Gasteiger partial charge in [0.2, 0.25) is 0 Å². The molecular formula is C26H27F6N3O3S. The molecule has 13 heteroatoms. The van der Waals surface area contributed by atoms with Crippen LogP contribution >= 0.6 is 12.1 Å². The highest BCUT2D eigenvalue weighted by molar-refractivity contribution is 7.95. The molecule has 2 N–H and O–H groups in total. The molecule has 0 saturated heterocycles. The highest BCUT2D eigenvalue weighted by atomic mass is 32.2. The zero-order valence-corrected chi connectivity index (χ0v) is 22.1. The van der Waals surface area contributed by atoms with Gasteiger partial charge in [-0.25, -0.2) is 4.31 Å². The Morgan fingerprint density at radius 3 is 2.21 bits per heavy atom. The molecule has 2 aromatic rings. The largest absolute Gasteiger partial charge is 0.494 e. The number of hydrogen-bond acceptors (Lipinski definition) is 5. The van der Waals surface area contributed by atoms with Crippen LogP contribution < -0.4 is 14.8 Å². The van der Waals surface area contributed by atoms with Gasteiger partial charge >= 0.3 is 12.4 Å². The van der Waals surface area contributed by atoms with E-state index in [1.165, 1.54) is 16.4 Å².